The number of nitrogens with one attached hydrogen (secondary N) is 1. The molecule has 142 valence electrons. The highest BCUT2D eigenvalue weighted by molar-refractivity contribution is 6.32. The van der Waals surface area contributed by atoms with Crippen LogP contribution in [0.3, 0.4) is 0 Å². The summed E-state index contributed by atoms with van der Waals surface area (Å²) in [5.74, 6) is 1.10. The number of benzene rings is 2. The largest absolute Gasteiger partial charge is 0.490 e. The van der Waals surface area contributed by atoms with Crippen molar-refractivity contribution in [2.75, 3.05) is 13.2 Å². The van der Waals surface area contributed by atoms with Crippen LogP contribution in [-0.2, 0) is 13.2 Å². The van der Waals surface area contributed by atoms with Gasteiger partial charge in [-0.25, -0.2) is 0 Å². The molecule has 4 nitrogen and oxygen atoms in total. The lowest BCUT2D eigenvalue weighted by molar-refractivity contribution is 0.238. The fourth-order valence-corrected chi connectivity index (χ4v) is 2.97. The summed E-state index contributed by atoms with van der Waals surface area (Å²) < 4.78 is 11.6. The number of hydrogen-bond donors (Lipinski definition) is 2. The van der Waals surface area contributed by atoms with Crippen LogP contribution >= 0.6 is 23.2 Å². The zero-order valence-electron chi connectivity index (χ0n) is 15.1. The van der Waals surface area contributed by atoms with E-state index in [2.05, 4.69) is 5.32 Å². The molecule has 0 aliphatic heterocycles. The second kappa shape index (κ2) is 10.6. The van der Waals surface area contributed by atoms with Gasteiger partial charge in [-0.3, -0.25) is 0 Å². The zero-order valence-corrected chi connectivity index (χ0v) is 16.6. The van der Waals surface area contributed by atoms with Gasteiger partial charge in [-0.1, -0.05) is 48.3 Å². The molecule has 0 bridgehead atoms. The van der Waals surface area contributed by atoms with Gasteiger partial charge in [0.1, 0.15) is 6.61 Å². The molecule has 2 aromatic carbocycles. The van der Waals surface area contributed by atoms with E-state index in [1.165, 1.54) is 0 Å². The Morgan fingerprint density at radius 3 is 2.50 bits per heavy atom. The average Bonchev–Trinajstić information content (AvgIpc) is 2.63. The van der Waals surface area contributed by atoms with Gasteiger partial charge in [-0.05, 0) is 37.1 Å². The Morgan fingerprint density at radius 2 is 1.85 bits per heavy atom. The fourth-order valence-electron chi connectivity index (χ4n) is 2.49. The van der Waals surface area contributed by atoms with E-state index in [4.69, 9.17) is 32.7 Å². The van der Waals surface area contributed by atoms with Gasteiger partial charge in [-0.15, -0.1) is 0 Å². The molecule has 1 unspecified atom stereocenters. The molecule has 0 aromatic heterocycles. The monoisotopic (exact) mass is 397 g/mol. The highest BCUT2D eigenvalue weighted by atomic mass is 35.5. The van der Waals surface area contributed by atoms with E-state index < -0.39 is 0 Å². The molecule has 0 aliphatic carbocycles. The fraction of sp³-hybridized carbons (Fsp3) is 0.400. The second-order valence-corrected chi connectivity index (χ2v) is 6.70. The first-order valence-electron chi connectivity index (χ1n) is 8.74. The number of halogens is 2. The lowest BCUT2D eigenvalue weighted by Crippen LogP contribution is -2.31. The van der Waals surface area contributed by atoms with Crippen LogP contribution in [0.4, 0.5) is 0 Å². The molecule has 0 saturated carbocycles. The SMILES string of the molecule is CCOc1cc(CNC(CC)CO)cc(Cl)c1OCc1ccccc1Cl. The van der Waals surface area contributed by atoms with Gasteiger partial charge in [0.25, 0.3) is 0 Å². The Bertz CT molecular complexity index is 705. The first-order valence-corrected chi connectivity index (χ1v) is 9.50. The highest BCUT2D eigenvalue weighted by Gasteiger charge is 2.14. The Balaban J connectivity index is 2.16. The van der Waals surface area contributed by atoms with Gasteiger partial charge in [-0.2, -0.15) is 0 Å². The summed E-state index contributed by atoms with van der Waals surface area (Å²) in [6, 6.07) is 11.3. The van der Waals surface area contributed by atoms with Crippen molar-refractivity contribution in [1.82, 2.24) is 5.32 Å². The molecule has 26 heavy (non-hydrogen) atoms. The van der Waals surface area contributed by atoms with Crippen LogP contribution in [0.5, 0.6) is 11.5 Å². The van der Waals surface area contributed by atoms with Crippen molar-refractivity contribution < 1.29 is 14.6 Å². The molecule has 2 rings (SSSR count). The predicted molar refractivity (Wildman–Crippen MR) is 106 cm³/mol. The van der Waals surface area contributed by atoms with Crippen molar-refractivity contribution in [3.63, 3.8) is 0 Å². The highest BCUT2D eigenvalue weighted by Crippen LogP contribution is 2.37. The number of aliphatic hydroxyl groups excluding tert-OH is 1. The van der Waals surface area contributed by atoms with Crippen molar-refractivity contribution in [3.8, 4) is 11.5 Å². The van der Waals surface area contributed by atoms with Crippen molar-refractivity contribution in [1.29, 1.82) is 0 Å². The number of hydrogen-bond acceptors (Lipinski definition) is 4. The minimum absolute atomic E-state index is 0.0560. The summed E-state index contributed by atoms with van der Waals surface area (Å²) in [5.41, 5.74) is 1.85. The minimum atomic E-state index is 0.0560. The molecule has 0 radical (unpaired) electrons. The van der Waals surface area contributed by atoms with Crippen LogP contribution in [0.2, 0.25) is 10.0 Å². The summed E-state index contributed by atoms with van der Waals surface area (Å²) in [5, 5.41) is 13.7. The maximum atomic E-state index is 9.30. The third-order valence-corrected chi connectivity index (χ3v) is 4.66. The normalized spacial score (nSPS) is 12.0. The van der Waals surface area contributed by atoms with E-state index in [9.17, 15) is 5.11 Å². The van der Waals surface area contributed by atoms with Crippen LogP contribution < -0.4 is 14.8 Å². The standard InChI is InChI=1S/C20H25Cl2NO3/c1-3-16(12-24)23-11-14-9-18(22)20(19(10-14)25-4-2)26-13-15-7-5-6-8-17(15)21/h5-10,16,23-24H,3-4,11-13H2,1-2H3. The zero-order chi connectivity index (χ0) is 18.9. The second-order valence-electron chi connectivity index (χ2n) is 5.89. The summed E-state index contributed by atoms with van der Waals surface area (Å²) in [4.78, 5) is 0. The van der Waals surface area contributed by atoms with Gasteiger partial charge in [0.2, 0.25) is 0 Å². The first-order chi connectivity index (χ1) is 12.6. The van der Waals surface area contributed by atoms with Crippen molar-refractivity contribution in [3.05, 3.63) is 57.6 Å². The smallest absolute Gasteiger partial charge is 0.180 e. The maximum absolute atomic E-state index is 9.30. The van der Waals surface area contributed by atoms with Crippen LogP contribution in [0.1, 0.15) is 31.4 Å². The summed E-state index contributed by atoms with van der Waals surface area (Å²) in [6.07, 6.45) is 0.849. The van der Waals surface area contributed by atoms with Crippen LogP contribution in [0, 0.1) is 0 Å². The topological polar surface area (TPSA) is 50.7 Å². The van der Waals surface area contributed by atoms with E-state index in [0.717, 1.165) is 17.5 Å². The van der Waals surface area contributed by atoms with E-state index in [1.54, 1.807) is 0 Å². The Labute approximate surface area is 165 Å². The molecular weight excluding hydrogens is 373 g/mol. The Hall–Kier alpha value is -1.46. The molecular formula is C20H25Cl2NO3. The molecule has 2 aromatic rings. The molecule has 6 heteroatoms. The molecule has 0 aliphatic rings. The molecule has 0 spiro atoms. The minimum Gasteiger partial charge on any atom is -0.490 e. The van der Waals surface area contributed by atoms with Crippen molar-refractivity contribution in [2.24, 2.45) is 0 Å². The van der Waals surface area contributed by atoms with Gasteiger partial charge in [0, 0.05) is 23.2 Å². The van der Waals surface area contributed by atoms with Gasteiger partial charge in [0.15, 0.2) is 11.5 Å². The van der Waals surface area contributed by atoms with Crippen molar-refractivity contribution >= 4 is 23.2 Å². The lowest BCUT2D eigenvalue weighted by Gasteiger charge is -2.18. The third kappa shape index (κ3) is 5.78. The molecule has 0 saturated heterocycles. The number of rotatable bonds is 10. The molecule has 2 N–H and O–H groups in total. The van der Waals surface area contributed by atoms with Gasteiger partial charge < -0.3 is 19.9 Å². The summed E-state index contributed by atoms with van der Waals surface area (Å²) in [7, 11) is 0. The Kier molecular flexibility index (Phi) is 8.52. The summed E-state index contributed by atoms with van der Waals surface area (Å²) >= 11 is 12.6. The van der Waals surface area contributed by atoms with Gasteiger partial charge >= 0.3 is 0 Å². The maximum Gasteiger partial charge on any atom is 0.180 e. The van der Waals surface area contributed by atoms with Crippen LogP contribution in [0.25, 0.3) is 0 Å². The third-order valence-electron chi connectivity index (χ3n) is 4.01. The Morgan fingerprint density at radius 1 is 1.08 bits per heavy atom. The summed E-state index contributed by atoms with van der Waals surface area (Å²) in [6.45, 7) is 5.43. The number of aliphatic hydroxyl groups is 1. The molecule has 0 amide bonds. The van der Waals surface area contributed by atoms with Gasteiger partial charge in [0.05, 0.1) is 18.2 Å². The molecule has 0 heterocycles. The molecule has 1 atom stereocenters. The van der Waals surface area contributed by atoms with E-state index in [0.29, 0.717) is 41.3 Å². The van der Waals surface area contributed by atoms with Crippen LogP contribution in [-0.4, -0.2) is 24.4 Å². The average molecular weight is 398 g/mol. The molecule has 0 fully saturated rings. The quantitative estimate of drug-likeness (QED) is 0.602. The first kappa shape index (κ1) is 20.8. The predicted octanol–water partition coefficient (Wildman–Crippen LogP) is 4.83. The van der Waals surface area contributed by atoms with E-state index in [1.807, 2.05) is 50.2 Å². The van der Waals surface area contributed by atoms with E-state index >= 15 is 0 Å². The van der Waals surface area contributed by atoms with E-state index in [-0.39, 0.29) is 12.6 Å². The number of ether oxygens (including phenoxy) is 2. The lowest BCUT2D eigenvalue weighted by atomic mass is 10.1. The van der Waals surface area contributed by atoms with Crippen molar-refractivity contribution in [2.45, 2.75) is 39.5 Å². The van der Waals surface area contributed by atoms with Crippen LogP contribution in [0.15, 0.2) is 36.4 Å².